The van der Waals surface area contributed by atoms with Crippen LogP contribution in [0.15, 0.2) is 152 Å². The standard InChI is InChI=1S/C74H86O18/c1-45(42-86-72-66(92-71(83)52-29-19-10-20-30-52)65(91-70(82)51-27-17-9-18-28-51)64(47(3)87-72)90-69(81)50-25-15-8-16-26-50)31-34-58(76)46(2)63-59(77)40-57-55-33-32-53-39-54(35-37-73(53,4)56(55)36-38-74(57,63)5)88-62(41-75)89-61(44-85-68(80)49-23-13-7-14-24-49)60(78)43-84-67(79)48-21-11-6-12-22-48/h6-30,45-47,53-57,60-66,72,75,78H,31-44H2,1-5H3/t45-,46+,47?,53?,54?,55?,56?,57?,60-,61?,62+,63?,64-,65?,66?,72+,73?,74?/m0/s1. The SMILES string of the molecule is CC1O[C@@H](OC[C@@H](C)CCC(=O)[C@@H](C)C2C(=O)CC3C4CCC5CC(O[C@@H](CO)OC(COC(=O)c6ccccc6)[C@@H](O)COC(=O)c6ccccc6)CCC5(C)C4CCC32C)C(OC(=O)c2ccccc2)C(OC(=O)c2ccccc2)[C@H]1OC(=O)c1ccccc1. The van der Waals surface area contributed by atoms with Crippen LogP contribution in [-0.2, 0) is 52.2 Å². The molecule has 4 saturated carbocycles. The van der Waals surface area contributed by atoms with E-state index in [1.165, 1.54) is 0 Å². The Kier molecular flexibility index (Phi) is 22.4. The summed E-state index contributed by atoms with van der Waals surface area (Å²) in [5.41, 5.74) is 0.889. The molecule has 490 valence electrons. The molecule has 18 atom stereocenters. The average molecular weight is 1260 g/mol. The van der Waals surface area contributed by atoms with Crippen molar-refractivity contribution in [3.05, 3.63) is 179 Å². The minimum atomic E-state index is -1.44. The molecule has 5 aromatic rings. The van der Waals surface area contributed by atoms with Crippen molar-refractivity contribution < 1.29 is 86.4 Å². The summed E-state index contributed by atoms with van der Waals surface area (Å²) >= 11 is 0. The predicted octanol–water partition coefficient (Wildman–Crippen LogP) is 11.0. The minimum absolute atomic E-state index is 0.00652. The fraction of sp³-hybridized carbons (Fsp3) is 0.500. The molecule has 5 fully saturated rings. The van der Waals surface area contributed by atoms with Crippen LogP contribution in [0, 0.1) is 52.3 Å². The lowest BCUT2D eigenvalue weighted by Gasteiger charge is -2.61. The number of ketones is 2. The van der Waals surface area contributed by atoms with E-state index >= 15 is 0 Å². The van der Waals surface area contributed by atoms with Gasteiger partial charge in [-0.2, -0.15) is 0 Å². The number of hydrogen-bond donors (Lipinski definition) is 2. The van der Waals surface area contributed by atoms with Crippen LogP contribution in [0.4, 0.5) is 0 Å². The zero-order valence-electron chi connectivity index (χ0n) is 53.0. The van der Waals surface area contributed by atoms with Gasteiger partial charge in [0.15, 0.2) is 30.9 Å². The van der Waals surface area contributed by atoms with Gasteiger partial charge >= 0.3 is 29.8 Å². The van der Waals surface area contributed by atoms with Crippen LogP contribution < -0.4 is 0 Å². The smallest absolute Gasteiger partial charge is 0.338 e. The van der Waals surface area contributed by atoms with E-state index in [4.69, 9.17) is 42.6 Å². The molecule has 10 rings (SSSR count). The number of ether oxygens (including phenoxy) is 9. The van der Waals surface area contributed by atoms with Crippen LogP contribution in [0.3, 0.4) is 0 Å². The fourth-order valence-electron chi connectivity index (χ4n) is 15.5. The highest BCUT2D eigenvalue weighted by atomic mass is 16.7. The molecule has 0 spiro atoms. The Morgan fingerprint density at radius 2 is 1.08 bits per heavy atom. The molecule has 1 saturated heterocycles. The van der Waals surface area contributed by atoms with Crippen molar-refractivity contribution in [3.8, 4) is 0 Å². The molecule has 5 aliphatic rings. The van der Waals surface area contributed by atoms with Crippen molar-refractivity contribution in [1.29, 1.82) is 0 Å². The van der Waals surface area contributed by atoms with Crippen LogP contribution in [0.1, 0.15) is 151 Å². The van der Waals surface area contributed by atoms with Gasteiger partial charge in [-0.05, 0) is 159 Å². The largest absolute Gasteiger partial charge is 0.459 e. The molecule has 4 aliphatic carbocycles. The first-order valence-electron chi connectivity index (χ1n) is 32.5. The van der Waals surface area contributed by atoms with Gasteiger partial charge in [0.1, 0.15) is 37.0 Å². The number of hydrogen-bond acceptors (Lipinski definition) is 18. The molecule has 1 heterocycles. The Bertz CT molecular complexity index is 3300. The van der Waals surface area contributed by atoms with Crippen molar-refractivity contribution in [2.24, 2.45) is 52.3 Å². The monoisotopic (exact) mass is 1260 g/mol. The molecular formula is C74H86O18. The maximum atomic E-state index is 14.5. The van der Waals surface area contributed by atoms with E-state index in [0.717, 1.165) is 38.5 Å². The summed E-state index contributed by atoms with van der Waals surface area (Å²) in [6.45, 7) is 8.76. The highest BCUT2D eigenvalue weighted by Gasteiger charge is 2.64. The first-order valence-corrected chi connectivity index (χ1v) is 32.5. The topological polar surface area (TPSA) is 243 Å². The van der Waals surface area contributed by atoms with E-state index in [2.05, 4.69) is 13.8 Å². The maximum absolute atomic E-state index is 14.5. The zero-order chi connectivity index (χ0) is 65.1. The number of rotatable bonds is 26. The Hall–Kier alpha value is -7.45. The van der Waals surface area contributed by atoms with Crippen molar-refractivity contribution in [1.82, 2.24) is 0 Å². The number of benzene rings is 5. The predicted molar refractivity (Wildman–Crippen MR) is 335 cm³/mol. The minimum Gasteiger partial charge on any atom is -0.459 e. The third-order valence-corrected chi connectivity index (χ3v) is 20.5. The van der Waals surface area contributed by atoms with E-state index < -0.39 is 111 Å². The number of Topliss-reactive ketones (excluding diaryl/α,β-unsaturated/α-hetero) is 2. The van der Waals surface area contributed by atoms with Gasteiger partial charge in [0, 0.05) is 24.7 Å². The summed E-state index contributed by atoms with van der Waals surface area (Å²) in [7, 11) is 0. The van der Waals surface area contributed by atoms with Gasteiger partial charge in [-0.3, -0.25) is 9.59 Å². The van der Waals surface area contributed by atoms with E-state index in [1.54, 1.807) is 159 Å². The normalized spacial score (nSPS) is 29.1. The molecule has 92 heavy (non-hydrogen) atoms. The van der Waals surface area contributed by atoms with Crippen LogP contribution >= 0.6 is 0 Å². The number of esters is 5. The lowest BCUT2D eigenvalue weighted by atomic mass is 9.44. The van der Waals surface area contributed by atoms with E-state index in [1.807, 2.05) is 13.8 Å². The van der Waals surface area contributed by atoms with E-state index in [0.29, 0.717) is 48.1 Å². The fourth-order valence-corrected chi connectivity index (χ4v) is 15.5. The van der Waals surface area contributed by atoms with Crippen molar-refractivity contribution in [2.45, 2.75) is 154 Å². The van der Waals surface area contributed by atoms with Gasteiger partial charge in [0.2, 0.25) is 0 Å². The summed E-state index contributed by atoms with van der Waals surface area (Å²) in [4.78, 5) is 96.0. The van der Waals surface area contributed by atoms with Crippen LogP contribution in [-0.4, -0.2) is 133 Å². The molecule has 18 nitrogen and oxygen atoms in total. The van der Waals surface area contributed by atoms with Gasteiger partial charge in [0.05, 0.1) is 53.2 Å². The number of aliphatic hydroxyl groups is 2. The highest BCUT2D eigenvalue weighted by molar-refractivity contribution is 5.93. The van der Waals surface area contributed by atoms with Crippen LogP contribution in [0.25, 0.3) is 0 Å². The Labute approximate surface area is 537 Å². The van der Waals surface area contributed by atoms with Crippen LogP contribution in [0.2, 0.25) is 0 Å². The Morgan fingerprint density at radius 3 is 1.61 bits per heavy atom. The molecule has 2 N–H and O–H groups in total. The van der Waals surface area contributed by atoms with Gasteiger partial charge in [-0.25, -0.2) is 24.0 Å². The second-order valence-electron chi connectivity index (χ2n) is 26.3. The molecule has 0 radical (unpaired) electrons. The van der Waals surface area contributed by atoms with Gasteiger partial charge in [-0.15, -0.1) is 0 Å². The molecule has 18 heteroatoms. The molecule has 0 bridgehead atoms. The Morgan fingerprint density at radius 1 is 0.587 bits per heavy atom. The summed E-state index contributed by atoms with van der Waals surface area (Å²) in [5, 5.41) is 22.0. The molecule has 0 amide bonds. The first-order chi connectivity index (χ1) is 44.3. The van der Waals surface area contributed by atoms with E-state index in [-0.39, 0.29) is 70.1 Å². The number of aliphatic hydroxyl groups excluding tert-OH is 2. The van der Waals surface area contributed by atoms with Crippen molar-refractivity contribution in [2.75, 3.05) is 26.4 Å². The molecule has 5 aromatic carbocycles. The van der Waals surface area contributed by atoms with Crippen LogP contribution in [0.5, 0.6) is 0 Å². The van der Waals surface area contributed by atoms with Gasteiger partial charge < -0.3 is 52.8 Å². The molecule has 12 unspecified atom stereocenters. The summed E-state index contributed by atoms with van der Waals surface area (Å²) in [5.74, 6) is -3.40. The molecule has 0 aromatic heterocycles. The van der Waals surface area contributed by atoms with Gasteiger partial charge in [-0.1, -0.05) is 119 Å². The summed E-state index contributed by atoms with van der Waals surface area (Å²) in [6.07, 6.45) is -3.47. The maximum Gasteiger partial charge on any atom is 0.338 e. The third-order valence-electron chi connectivity index (χ3n) is 20.5. The van der Waals surface area contributed by atoms with E-state index in [9.17, 15) is 43.8 Å². The second kappa shape index (κ2) is 30.5. The lowest BCUT2D eigenvalue weighted by molar-refractivity contribution is -0.292. The zero-order valence-corrected chi connectivity index (χ0v) is 53.0. The molecule has 1 aliphatic heterocycles. The average Bonchev–Trinajstić information content (AvgIpc) is 1.42. The summed E-state index contributed by atoms with van der Waals surface area (Å²) < 4.78 is 54.9. The lowest BCUT2D eigenvalue weighted by Crippen LogP contribution is -2.61. The number of carbonyl (C=O) groups excluding carboxylic acids is 7. The highest BCUT2D eigenvalue weighted by Crippen LogP contribution is 2.68. The number of fused-ring (bicyclic) bond motifs is 5. The quantitative estimate of drug-likeness (QED) is 0.0297. The molecular weight excluding hydrogens is 1180 g/mol. The second-order valence-corrected chi connectivity index (χ2v) is 26.3. The van der Waals surface area contributed by atoms with Crippen molar-refractivity contribution in [3.63, 3.8) is 0 Å². The first kappa shape index (κ1) is 67.4. The Balaban J connectivity index is 0.747. The third kappa shape index (κ3) is 15.6. The van der Waals surface area contributed by atoms with Crippen molar-refractivity contribution >= 4 is 41.4 Å². The number of carbonyl (C=O) groups is 7. The summed E-state index contributed by atoms with van der Waals surface area (Å²) in [6, 6.07) is 41.6. The van der Waals surface area contributed by atoms with Gasteiger partial charge in [0.25, 0.3) is 0 Å².